The molecule has 144 valence electrons. The molecule has 1 saturated heterocycles. The molecule has 2 aromatic carbocycles. The van der Waals surface area contributed by atoms with Gasteiger partial charge in [0.15, 0.2) is 0 Å². The third-order valence-corrected chi connectivity index (χ3v) is 6.59. The van der Waals surface area contributed by atoms with Crippen LogP contribution in [-0.2, 0) is 10.0 Å². The second-order valence-electron chi connectivity index (χ2n) is 6.73. The van der Waals surface area contributed by atoms with Crippen LogP contribution in [0.25, 0.3) is 0 Å². The van der Waals surface area contributed by atoms with Crippen LogP contribution in [0.15, 0.2) is 42.5 Å². The number of aryl methyl sites for hydroxylation is 1. The molecule has 0 aliphatic carbocycles. The van der Waals surface area contributed by atoms with E-state index in [1.165, 1.54) is 4.31 Å². The SMILES string of the molecule is COc1ccc(C)cc1[C@H](C)NC(=O)c1ccc(N2CCCS2(=O)=O)cc1. The van der Waals surface area contributed by atoms with Gasteiger partial charge in [0.2, 0.25) is 10.0 Å². The Morgan fingerprint density at radius 2 is 1.89 bits per heavy atom. The van der Waals surface area contributed by atoms with Crippen molar-refractivity contribution in [2.75, 3.05) is 23.7 Å². The van der Waals surface area contributed by atoms with Crippen molar-refractivity contribution in [3.63, 3.8) is 0 Å². The first kappa shape index (κ1) is 19.2. The quantitative estimate of drug-likeness (QED) is 0.854. The molecule has 1 heterocycles. The molecule has 1 amide bonds. The number of anilines is 1. The number of benzene rings is 2. The summed E-state index contributed by atoms with van der Waals surface area (Å²) in [6.45, 7) is 4.38. The van der Waals surface area contributed by atoms with Gasteiger partial charge in [-0.05, 0) is 50.6 Å². The van der Waals surface area contributed by atoms with E-state index < -0.39 is 10.0 Å². The first-order chi connectivity index (χ1) is 12.8. The number of amides is 1. The number of nitrogens with one attached hydrogen (secondary N) is 1. The number of rotatable bonds is 5. The van der Waals surface area contributed by atoms with E-state index in [0.29, 0.717) is 24.2 Å². The zero-order valence-corrected chi connectivity index (χ0v) is 16.5. The Bertz CT molecular complexity index is 939. The Balaban J connectivity index is 1.74. The first-order valence-corrected chi connectivity index (χ1v) is 10.5. The van der Waals surface area contributed by atoms with E-state index in [1.54, 1.807) is 31.4 Å². The number of ether oxygens (including phenoxy) is 1. The predicted molar refractivity (Wildman–Crippen MR) is 106 cm³/mol. The summed E-state index contributed by atoms with van der Waals surface area (Å²) in [6.07, 6.45) is 0.625. The highest BCUT2D eigenvalue weighted by Crippen LogP contribution is 2.27. The first-order valence-electron chi connectivity index (χ1n) is 8.88. The van der Waals surface area contributed by atoms with Crippen LogP contribution < -0.4 is 14.4 Å². The van der Waals surface area contributed by atoms with Crippen molar-refractivity contribution in [2.24, 2.45) is 0 Å². The smallest absolute Gasteiger partial charge is 0.251 e. The van der Waals surface area contributed by atoms with E-state index in [0.717, 1.165) is 16.9 Å². The predicted octanol–water partition coefficient (Wildman–Crippen LogP) is 3.03. The van der Waals surface area contributed by atoms with Crippen molar-refractivity contribution in [3.05, 3.63) is 59.2 Å². The molecule has 3 rings (SSSR count). The van der Waals surface area contributed by atoms with Crippen LogP contribution in [0.2, 0.25) is 0 Å². The summed E-state index contributed by atoms with van der Waals surface area (Å²) >= 11 is 0. The van der Waals surface area contributed by atoms with Gasteiger partial charge in [-0.15, -0.1) is 0 Å². The number of carbonyl (C=O) groups excluding carboxylic acids is 1. The summed E-state index contributed by atoms with van der Waals surface area (Å²) in [5, 5.41) is 2.97. The summed E-state index contributed by atoms with van der Waals surface area (Å²) in [4.78, 5) is 12.6. The summed E-state index contributed by atoms with van der Waals surface area (Å²) < 4.78 is 30.8. The van der Waals surface area contributed by atoms with Crippen LogP contribution in [-0.4, -0.2) is 33.7 Å². The van der Waals surface area contributed by atoms with Crippen molar-refractivity contribution >= 4 is 21.6 Å². The molecule has 1 atom stereocenters. The molecule has 6 nitrogen and oxygen atoms in total. The van der Waals surface area contributed by atoms with Gasteiger partial charge in [0.1, 0.15) is 5.75 Å². The molecule has 1 aliphatic rings. The topological polar surface area (TPSA) is 75.7 Å². The van der Waals surface area contributed by atoms with Crippen LogP contribution in [0.1, 0.15) is 40.9 Å². The van der Waals surface area contributed by atoms with Crippen LogP contribution in [0.5, 0.6) is 5.75 Å². The highest BCUT2D eigenvalue weighted by molar-refractivity contribution is 7.93. The number of methoxy groups -OCH3 is 1. The fourth-order valence-corrected chi connectivity index (χ4v) is 4.82. The molecular weight excluding hydrogens is 364 g/mol. The second kappa shape index (κ2) is 7.60. The summed E-state index contributed by atoms with van der Waals surface area (Å²) in [5.41, 5.74) is 3.07. The molecule has 0 saturated carbocycles. The van der Waals surface area contributed by atoms with Gasteiger partial charge in [-0.25, -0.2) is 8.42 Å². The number of hydrogen-bond acceptors (Lipinski definition) is 4. The average molecular weight is 388 g/mol. The van der Waals surface area contributed by atoms with Gasteiger partial charge >= 0.3 is 0 Å². The highest BCUT2D eigenvalue weighted by atomic mass is 32.2. The van der Waals surface area contributed by atoms with Crippen molar-refractivity contribution in [1.82, 2.24) is 5.32 Å². The van der Waals surface area contributed by atoms with E-state index in [-0.39, 0.29) is 17.7 Å². The maximum Gasteiger partial charge on any atom is 0.251 e. The van der Waals surface area contributed by atoms with Gasteiger partial charge < -0.3 is 10.1 Å². The molecule has 1 aliphatic heterocycles. The molecular formula is C20H24N2O4S. The number of sulfonamides is 1. The fraction of sp³-hybridized carbons (Fsp3) is 0.350. The number of carbonyl (C=O) groups is 1. The maximum absolute atomic E-state index is 12.6. The molecule has 27 heavy (non-hydrogen) atoms. The monoisotopic (exact) mass is 388 g/mol. The van der Waals surface area contributed by atoms with E-state index in [9.17, 15) is 13.2 Å². The lowest BCUT2D eigenvalue weighted by Crippen LogP contribution is -2.27. The molecule has 1 N–H and O–H groups in total. The molecule has 0 radical (unpaired) electrons. The molecule has 0 aromatic heterocycles. The largest absolute Gasteiger partial charge is 0.496 e. The number of nitrogens with zero attached hydrogens (tertiary/aromatic N) is 1. The van der Waals surface area contributed by atoms with Crippen molar-refractivity contribution in [3.8, 4) is 5.75 Å². The third kappa shape index (κ3) is 4.08. The van der Waals surface area contributed by atoms with Crippen LogP contribution in [0, 0.1) is 6.92 Å². The molecule has 2 aromatic rings. The summed E-state index contributed by atoms with van der Waals surface area (Å²) in [5.74, 6) is 0.676. The zero-order valence-electron chi connectivity index (χ0n) is 15.7. The molecule has 7 heteroatoms. The van der Waals surface area contributed by atoms with Crippen molar-refractivity contribution in [1.29, 1.82) is 0 Å². The zero-order chi connectivity index (χ0) is 19.6. The minimum Gasteiger partial charge on any atom is -0.496 e. The second-order valence-corrected chi connectivity index (χ2v) is 8.74. The lowest BCUT2D eigenvalue weighted by atomic mass is 10.0. The van der Waals surface area contributed by atoms with Gasteiger partial charge in [-0.3, -0.25) is 9.10 Å². The van der Waals surface area contributed by atoms with Gasteiger partial charge in [-0.1, -0.05) is 17.7 Å². The van der Waals surface area contributed by atoms with Crippen molar-refractivity contribution < 1.29 is 17.9 Å². The van der Waals surface area contributed by atoms with Gasteiger partial charge in [0.05, 0.1) is 24.6 Å². The Morgan fingerprint density at radius 1 is 1.19 bits per heavy atom. The third-order valence-electron chi connectivity index (χ3n) is 4.72. The van der Waals surface area contributed by atoms with Crippen molar-refractivity contribution in [2.45, 2.75) is 26.3 Å². The molecule has 0 spiro atoms. The lowest BCUT2D eigenvalue weighted by molar-refractivity contribution is 0.0939. The fourth-order valence-electron chi connectivity index (χ4n) is 3.26. The normalized spacial score (nSPS) is 16.8. The lowest BCUT2D eigenvalue weighted by Gasteiger charge is -2.19. The Morgan fingerprint density at radius 3 is 2.48 bits per heavy atom. The van der Waals surface area contributed by atoms with E-state index in [4.69, 9.17) is 4.74 Å². The summed E-state index contributed by atoms with van der Waals surface area (Å²) in [7, 11) is -1.62. The van der Waals surface area contributed by atoms with Crippen LogP contribution in [0.4, 0.5) is 5.69 Å². The van der Waals surface area contributed by atoms with Gasteiger partial charge in [0.25, 0.3) is 5.91 Å². The minimum absolute atomic E-state index is 0.172. The van der Waals surface area contributed by atoms with Gasteiger partial charge in [0, 0.05) is 17.7 Å². The van der Waals surface area contributed by atoms with E-state index in [2.05, 4.69) is 5.32 Å². The Hall–Kier alpha value is -2.54. The van der Waals surface area contributed by atoms with E-state index in [1.807, 2.05) is 32.0 Å². The van der Waals surface area contributed by atoms with Crippen LogP contribution in [0.3, 0.4) is 0 Å². The molecule has 0 bridgehead atoms. The highest BCUT2D eigenvalue weighted by Gasteiger charge is 2.28. The average Bonchev–Trinajstić information content (AvgIpc) is 3.00. The van der Waals surface area contributed by atoms with E-state index >= 15 is 0 Å². The molecule has 0 unspecified atom stereocenters. The van der Waals surface area contributed by atoms with Gasteiger partial charge in [-0.2, -0.15) is 0 Å². The maximum atomic E-state index is 12.6. The summed E-state index contributed by atoms with van der Waals surface area (Å²) in [6, 6.07) is 12.3. The Labute approximate surface area is 160 Å². The Kier molecular flexibility index (Phi) is 5.41. The van der Waals surface area contributed by atoms with Crippen LogP contribution >= 0.6 is 0 Å². The number of hydrogen-bond donors (Lipinski definition) is 1. The minimum atomic E-state index is -3.22. The molecule has 1 fully saturated rings. The standard InChI is InChI=1S/C20H24N2O4S/c1-14-5-10-19(26-3)18(13-14)15(2)21-20(23)16-6-8-17(9-7-16)22-11-4-12-27(22,24)25/h5-10,13,15H,4,11-12H2,1-3H3,(H,21,23)/t15-/m0/s1.